The minimum absolute atomic E-state index is 0.447. The first-order valence-corrected chi connectivity index (χ1v) is 8.72. The number of benzene rings is 1. The molecule has 3 unspecified atom stereocenters. The van der Waals surface area contributed by atoms with Crippen molar-refractivity contribution in [2.45, 2.75) is 25.4 Å². The molecule has 3 nitrogen and oxygen atoms in total. The van der Waals surface area contributed by atoms with Crippen LogP contribution >= 0.6 is 0 Å². The van der Waals surface area contributed by atoms with Gasteiger partial charge in [-0.05, 0) is 25.5 Å². The molecule has 106 valence electrons. The van der Waals surface area contributed by atoms with Gasteiger partial charge in [-0.3, -0.25) is 9.11 Å². The van der Waals surface area contributed by atoms with Crippen LogP contribution in [0.3, 0.4) is 0 Å². The van der Waals surface area contributed by atoms with Crippen LogP contribution in [0.25, 0.3) is 0 Å². The molecular formula is C15H24N2OS. The molecule has 0 aromatic heterocycles. The number of hydrogen-bond acceptors (Lipinski definition) is 3. The maximum Gasteiger partial charge on any atom is 0.0473 e. The highest BCUT2D eigenvalue weighted by Crippen LogP contribution is 2.23. The SMILES string of the molecule is CC1CN(CCCS(C)=O)C(c2ccccc2)CN1. The van der Waals surface area contributed by atoms with Gasteiger partial charge in [0.05, 0.1) is 0 Å². The van der Waals surface area contributed by atoms with Crippen molar-refractivity contribution >= 4 is 10.8 Å². The first kappa shape index (κ1) is 14.7. The highest BCUT2D eigenvalue weighted by atomic mass is 32.2. The van der Waals surface area contributed by atoms with Gasteiger partial charge in [-0.2, -0.15) is 0 Å². The van der Waals surface area contributed by atoms with Gasteiger partial charge in [0.15, 0.2) is 0 Å². The molecular weight excluding hydrogens is 256 g/mol. The predicted octanol–water partition coefficient (Wildman–Crippen LogP) is 1.79. The van der Waals surface area contributed by atoms with Crippen molar-refractivity contribution in [3.63, 3.8) is 0 Å². The highest BCUT2D eigenvalue weighted by Gasteiger charge is 2.26. The molecule has 0 aliphatic carbocycles. The average molecular weight is 280 g/mol. The smallest absolute Gasteiger partial charge is 0.0473 e. The molecule has 1 aliphatic heterocycles. The second-order valence-corrected chi connectivity index (χ2v) is 6.92. The molecule has 2 rings (SSSR count). The van der Waals surface area contributed by atoms with Crippen molar-refractivity contribution < 1.29 is 4.21 Å². The van der Waals surface area contributed by atoms with Crippen LogP contribution < -0.4 is 5.32 Å². The third-order valence-electron chi connectivity index (χ3n) is 3.67. The molecule has 1 heterocycles. The molecule has 1 N–H and O–H groups in total. The normalized spacial score (nSPS) is 26.2. The van der Waals surface area contributed by atoms with Gasteiger partial charge >= 0.3 is 0 Å². The van der Waals surface area contributed by atoms with E-state index in [4.69, 9.17) is 0 Å². The Morgan fingerprint density at radius 3 is 2.79 bits per heavy atom. The van der Waals surface area contributed by atoms with Crippen LogP contribution in [-0.2, 0) is 10.8 Å². The molecule has 1 saturated heterocycles. The van der Waals surface area contributed by atoms with Gasteiger partial charge in [0.2, 0.25) is 0 Å². The van der Waals surface area contributed by atoms with E-state index in [9.17, 15) is 4.21 Å². The fourth-order valence-corrected chi connectivity index (χ4v) is 3.24. The van der Waals surface area contributed by atoms with E-state index < -0.39 is 10.8 Å². The Hall–Kier alpha value is -0.710. The molecule has 4 heteroatoms. The van der Waals surface area contributed by atoms with Crippen LogP contribution in [0.15, 0.2) is 30.3 Å². The van der Waals surface area contributed by atoms with Crippen molar-refractivity contribution in [3.05, 3.63) is 35.9 Å². The Labute approximate surface area is 118 Å². The summed E-state index contributed by atoms with van der Waals surface area (Å²) in [5.41, 5.74) is 1.37. The Morgan fingerprint density at radius 1 is 1.37 bits per heavy atom. The number of nitrogens with zero attached hydrogens (tertiary/aromatic N) is 1. The molecule has 0 bridgehead atoms. The fraction of sp³-hybridized carbons (Fsp3) is 0.600. The lowest BCUT2D eigenvalue weighted by atomic mass is 10.0. The number of nitrogens with one attached hydrogen (secondary N) is 1. The molecule has 1 aliphatic rings. The molecule has 1 fully saturated rings. The molecule has 1 aromatic rings. The van der Waals surface area contributed by atoms with E-state index in [1.54, 1.807) is 6.26 Å². The summed E-state index contributed by atoms with van der Waals surface area (Å²) < 4.78 is 11.2. The third kappa shape index (κ3) is 4.41. The van der Waals surface area contributed by atoms with Crippen molar-refractivity contribution in [1.82, 2.24) is 10.2 Å². The van der Waals surface area contributed by atoms with Crippen LogP contribution in [0.4, 0.5) is 0 Å². The molecule has 0 amide bonds. The van der Waals surface area contributed by atoms with E-state index in [0.717, 1.165) is 31.8 Å². The number of hydrogen-bond donors (Lipinski definition) is 1. The monoisotopic (exact) mass is 280 g/mol. The van der Waals surface area contributed by atoms with Gasteiger partial charge in [-0.25, -0.2) is 0 Å². The summed E-state index contributed by atoms with van der Waals surface area (Å²) in [6.45, 7) is 5.33. The zero-order valence-electron chi connectivity index (χ0n) is 11.8. The maximum atomic E-state index is 11.2. The van der Waals surface area contributed by atoms with E-state index in [0.29, 0.717) is 12.1 Å². The second kappa shape index (κ2) is 7.17. The molecule has 0 radical (unpaired) electrons. The first-order chi connectivity index (χ1) is 9.16. The lowest BCUT2D eigenvalue weighted by Crippen LogP contribution is -2.51. The maximum absolute atomic E-state index is 11.2. The van der Waals surface area contributed by atoms with Gasteiger partial charge in [-0.1, -0.05) is 30.3 Å². The summed E-state index contributed by atoms with van der Waals surface area (Å²) in [6, 6.07) is 11.7. The van der Waals surface area contributed by atoms with Crippen LogP contribution in [0.1, 0.15) is 24.9 Å². The van der Waals surface area contributed by atoms with E-state index in [-0.39, 0.29) is 0 Å². The summed E-state index contributed by atoms with van der Waals surface area (Å²) in [6.07, 6.45) is 2.80. The summed E-state index contributed by atoms with van der Waals surface area (Å²) in [4.78, 5) is 2.53. The van der Waals surface area contributed by atoms with Gasteiger partial charge in [-0.15, -0.1) is 0 Å². The number of rotatable bonds is 5. The van der Waals surface area contributed by atoms with Crippen LogP contribution in [0, 0.1) is 0 Å². The predicted molar refractivity (Wildman–Crippen MR) is 81.8 cm³/mol. The molecule has 1 aromatic carbocycles. The summed E-state index contributed by atoms with van der Waals surface area (Å²) in [5.74, 6) is 0.805. The lowest BCUT2D eigenvalue weighted by molar-refractivity contribution is 0.136. The second-order valence-electron chi connectivity index (χ2n) is 5.36. The zero-order chi connectivity index (χ0) is 13.7. The first-order valence-electron chi connectivity index (χ1n) is 6.99. The Bertz CT molecular complexity index is 410. The summed E-state index contributed by atoms with van der Waals surface area (Å²) in [7, 11) is -0.677. The third-order valence-corrected chi connectivity index (χ3v) is 4.53. The van der Waals surface area contributed by atoms with Crippen molar-refractivity contribution in [3.8, 4) is 0 Å². The van der Waals surface area contributed by atoms with E-state index >= 15 is 0 Å². The molecule has 0 saturated carbocycles. The van der Waals surface area contributed by atoms with Crippen LogP contribution in [0.2, 0.25) is 0 Å². The average Bonchev–Trinajstić information content (AvgIpc) is 2.39. The molecule has 3 atom stereocenters. The van der Waals surface area contributed by atoms with E-state index in [1.807, 2.05) is 0 Å². The standard InChI is InChI=1S/C15H24N2OS/c1-13-12-17(9-6-10-19(2)18)15(11-16-13)14-7-4-3-5-8-14/h3-5,7-8,13,15-16H,6,9-12H2,1-2H3. The summed E-state index contributed by atoms with van der Waals surface area (Å²) >= 11 is 0. The molecule has 0 spiro atoms. The Morgan fingerprint density at radius 2 is 2.11 bits per heavy atom. The Balaban J connectivity index is 2.00. The van der Waals surface area contributed by atoms with Crippen LogP contribution in [-0.4, -0.2) is 46.8 Å². The van der Waals surface area contributed by atoms with Gasteiger partial charge < -0.3 is 5.32 Å². The zero-order valence-corrected chi connectivity index (χ0v) is 12.7. The van der Waals surface area contributed by atoms with Crippen molar-refractivity contribution in [2.24, 2.45) is 0 Å². The lowest BCUT2D eigenvalue weighted by Gasteiger charge is -2.39. The van der Waals surface area contributed by atoms with Crippen LogP contribution in [0.5, 0.6) is 0 Å². The Kier molecular flexibility index (Phi) is 5.55. The number of piperazine rings is 1. The van der Waals surface area contributed by atoms with Gasteiger partial charge in [0.1, 0.15) is 0 Å². The fourth-order valence-electron chi connectivity index (χ4n) is 2.71. The van der Waals surface area contributed by atoms with Crippen molar-refractivity contribution in [1.29, 1.82) is 0 Å². The quantitative estimate of drug-likeness (QED) is 0.892. The summed E-state index contributed by atoms with van der Waals surface area (Å²) in [5, 5.41) is 3.56. The van der Waals surface area contributed by atoms with E-state index in [1.165, 1.54) is 5.56 Å². The molecule has 19 heavy (non-hydrogen) atoms. The van der Waals surface area contributed by atoms with Crippen molar-refractivity contribution in [2.75, 3.05) is 31.6 Å². The van der Waals surface area contributed by atoms with Gasteiger partial charge in [0.25, 0.3) is 0 Å². The van der Waals surface area contributed by atoms with E-state index in [2.05, 4.69) is 47.5 Å². The highest BCUT2D eigenvalue weighted by molar-refractivity contribution is 7.84. The largest absolute Gasteiger partial charge is 0.311 e. The minimum atomic E-state index is -0.677. The minimum Gasteiger partial charge on any atom is -0.311 e. The topological polar surface area (TPSA) is 32.3 Å². The van der Waals surface area contributed by atoms with Gasteiger partial charge in [0, 0.05) is 48.0 Å².